The van der Waals surface area contributed by atoms with Crippen molar-refractivity contribution in [2.24, 2.45) is 0 Å². The molecule has 0 unspecified atom stereocenters. The van der Waals surface area contributed by atoms with Crippen molar-refractivity contribution in [2.45, 2.75) is 31.8 Å². The molecule has 13 heavy (non-hydrogen) atoms. The largest absolute Gasteiger partial charge is 0.452 e. The van der Waals surface area contributed by atoms with Gasteiger partial charge in [-0.3, -0.25) is 0 Å². The molecule has 2 rings (SSSR count). The summed E-state index contributed by atoms with van der Waals surface area (Å²) in [5.74, 6) is -0.869. The third kappa shape index (κ3) is 1.73. The zero-order chi connectivity index (χ0) is 9.47. The standard InChI is InChI=1S/C9H12O4/c1-9(2)11-5-7(13-9)6-3-4-8(10)12-6/h3-4,6-7H,5H2,1-2H3/t6-,7+/m0/s1. The number of carbonyl (C=O) groups is 1. The first-order valence-electron chi connectivity index (χ1n) is 4.27. The van der Waals surface area contributed by atoms with Crippen LogP contribution in [-0.4, -0.2) is 30.6 Å². The van der Waals surface area contributed by atoms with Crippen molar-refractivity contribution in [3.63, 3.8) is 0 Å². The van der Waals surface area contributed by atoms with Crippen LogP contribution in [0.1, 0.15) is 13.8 Å². The van der Waals surface area contributed by atoms with Crippen LogP contribution in [0.2, 0.25) is 0 Å². The monoisotopic (exact) mass is 184 g/mol. The van der Waals surface area contributed by atoms with Gasteiger partial charge in [0.15, 0.2) is 5.79 Å². The second kappa shape index (κ2) is 2.82. The molecule has 0 aromatic heterocycles. The second-order valence-corrected chi connectivity index (χ2v) is 3.63. The van der Waals surface area contributed by atoms with E-state index in [4.69, 9.17) is 14.2 Å². The average Bonchev–Trinajstić information content (AvgIpc) is 2.56. The Morgan fingerprint density at radius 2 is 2.31 bits per heavy atom. The maximum atomic E-state index is 10.8. The highest BCUT2D eigenvalue weighted by atomic mass is 16.8. The molecule has 1 fully saturated rings. The molecular weight excluding hydrogens is 172 g/mol. The lowest BCUT2D eigenvalue weighted by Crippen LogP contribution is -2.30. The molecule has 4 nitrogen and oxygen atoms in total. The van der Waals surface area contributed by atoms with Crippen LogP contribution in [0, 0.1) is 0 Å². The summed E-state index contributed by atoms with van der Waals surface area (Å²) in [4.78, 5) is 10.8. The van der Waals surface area contributed by atoms with Gasteiger partial charge in [0.05, 0.1) is 6.61 Å². The van der Waals surface area contributed by atoms with E-state index in [9.17, 15) is 4.79 Å². The molecule has 2 heterocycles. The van der Waals surface area contributed by atoms with E-state index in [-0.39, 0.29) is 18.2 Å². The van der Waals surface area contributed by atoms with Gasteiger partial charge >= 0.3 is 5.97 Å². The highest BCUT2D eigenvalue weighted by Crippen LogP contribution is 2.27. The smallest absolute Gasteiger partial charge is 0.331 e. The Balaban J connectivity index is 1.97. The molecule has 4 heteroatoms. The maximum Gasteiger partial charge on any atom is 0.331 e. The minimum absolute atomic E-state index is 0.169. The molecule has 1 saturated heterocycles. The van der Waals surface area contributed by atoms with Crippen molar-refractivity contribution >= 4 is 5.97 Å². The van der Waals surface area contributed by atoms with Crippen LogP contribution < -0.4 is 0 Å². The summed E-state index contributed by atoms with van der Waals surface area (Å²) in [6, 6.07) is 0. The van der Waals surface area contributed by atoms with Gasteiger partial charge < -0.3 is 14.2 Å². The van der Waals surface area contributed by atoms with Gasteiger partial charge in [-0.05, 0) is 19.9 Å². The minimum atomic E-state index is -0.562. The molecule has 0 aliphatic carbocycles. The van der Waals surface area contributed by atoms with E-state index in [2.05, 4.69) is 0 Å². The normalized spacial score (nSPS) is 36.6. The van der Waals surface area contributed by atoms with Gasteiger partial charge in [0.2, 0.25) is 0 Å². The summed E-state index contributed by atoms with van der Waals surface area (Å²) in [6.45, 7) is 4.15. The molecule has 2 aliphatic heterocycles. The molecule has 0 bridgehead atoms. The molecule has 0 amide bonds. The Kier molecular flexibility index (Phi) is 1.89. The molecule has 0 spiro atoms. The number of hydrogen-bond acceptors (Lipinski definition) is 4. The number of esters is 1. The highest BCUT2D eigenvalue weighted by molar-refractivity contribution is 5.84. The zero-order valence-electron chi connectivity index (χ0n) is 7.65. The average molecular weight is 184 g/mol. The fraction of sp³-hybridized carbons (Fsp3) is 0.667. The van der Waals surface area contributed by atoms with E-state index < -0.39 is 5.79 Å². The summed E-state index contributed by atoms with van der Waals surface area (Å²) >= 11 is 0. The van der Waals surface area contributed by atoms with Crippen molar-refractivity contribution < 1.29 is 19.0 Å². The van der Waals surface area contributed by atoms with Crippen LogP contribution in [0.3, 0.4) is 0 Å². The van der Waals surface area contributed by atoms with Gasteiger partial charge in [0.1, 0.15) is 12.2 Å². The van der Waals surface area contributed by atoms with E-state index in [0.29, 0.717) is 6.61 Å². The molecule has 0 N–H and O–H groups in total. The first-order valence-corrected chi connectivity index (χ1v) is 4.27. The van der Waals surface area contributed by atoms with Crippen LogP contribution >= 0.6 is 0 Å². The fourth-order valence-electron chi connectivity index (χ4n) is 1.46. The second-order valence-electron chi connectivity index (χ2n) is 3.63. The van der Waals surface area contributed by atoms with Crippen LogP contribution in [0.25, 0.3) is 0 Å². The van der Waals surface area contributed by atoms with Gasteiger partial charge in [-0.1, -0.05) is 0 Å². The van der Waals surface area contributed by atoms with Crippen molar-refractivity contribution in [3.05, 3.63) is 12.2 Å². The van der Waals surface area contributed by atoms with Gasteiger partial charge in [-0.25, -0.2) is 4.79 Å². The molecule has 2 aliphatic rings. The van der Waals surface area contributed by atoms with E-state index in [1.165, 1.54) is 6.08 Å². The lowest BCUT2D eigenvalue weighted by Gasteiger charge is -2.19. The van der Waals surface area contributed by atoms with Crippen LogP contribution in [-0.2, 0) is 19.0 Å². The SMILES string of the molecule is CC1(C)OC[C@H]([C@@H]2C=CC(=O)O2)O1. The summed E-state index contributed by atoms with van der Waals surface area (Å²) in [6.07, 6.45) is 2.67. The Labute approximate surface area is 76.5 Å². The Bertz CT molecular complexity index is 256. The first-order chi connectivity index (χ1) is 6.07. The van der Waals surface area contributed by atoms with E-state index in [1.54, 1.807) is 6.08 Å². The molecule has 0 saturated carbocycles. The number of rotatable bonds is 1. The fourth-order valence-corrected chi connectivity index (χ4v) is 1.46. The minimum Gasteiger partial charge on any atom is -0.452 e. The number of ether oxygens (including phenoxy) is 3. The molecule has 0 radical (unpaired) electrons. The highest BCUT2D eigenvalue weighted by Gasteiger charge is 2.39. The molecule has 0 aromatic rings. The van der Waals surface area contributed by atoms with Crippen LogP contribution in [0.5, 0.6) is 0 Å². The third-order valence-electron chi connectivity index (χ3n) is 2.07. The first kappa shape index (κ1) is 8.72. The lowest BCUT2D eigenvalue weighted by atomic mass is 10.2. The summed E-state index contributed by atoms with van der Waals surface area (Å²) in [5.41, 5.74) is 0. The van der Waals surface area contributed by atoms with Gasteiger partial charge in [-0.15, -0.1) is 0 Å². The lowest BCUT2D eigenvalue weighted by molar-refractivity contribution is -0.159. The topological polar surface area (TPSA) is 44.8 Å². The molecule has 0 aromatic carbocycles. The predicted molar refractivity (Wildman–Crippen MR) is 43.9 cm³/mol. The van der Waals surface area contributed by atoms with Gasteiger partial charge in [0.25, 0.3) is 0 Å². The number of hydrogen-bond donors (Lipinski definition) is 0. The molecule has 2 atom stereocenters. The van der Waals surface area contributed by atoms with Crippen LogP contribution in [0.15, 0.2) is 12.2 Å². The van der Waals surface area contributed by atoms with Crippen molar-refractivity contribution in [1.82, 2.24) is 0 Å². The van der Waals surface area contributed by atoms with Crippen molar-refractivity contribution in [2.75, 3.05) is 6.61 Å². The Morgan fingerprint density at radius 1 is 1.54 bits per heavy atom. The summed E-state index contributed by atoms with van der Waals surface area (Å²) in [7, 11) is 0. The third-order valence-corrected chi connectivity index (χ3v) is 2.07. The van der Waals surface area contributed by atoms with Gasteiger partial charge in [0, 0.05) is 6.08 Å². The summed E-state index contributed by atoms with van der Waals surface area (Å²) < 4.78 is 15.9. The van der Waals surface area contributed by atoms with Crippen molar-refractivity contribution in [3.8, 4) is 0 Å². The van der Waals surface area contributed by atoms with Crippen LogP contribution in [0.4, 0.5) is 0 Å². The number of cyclic esters (lactones) is 1. The Hall–Kier alpha value is -0.870. The van der Waals surface area contributed by atoms with Crippen molar-refractivity contribution in [1.29, 1.82) is 0 Å². The van der Waals surface area contributed by atoms with Gasteiger partial charge in [-0.2, -0.15) is 0 Å². The molecule has 72 valence electrons. The Morgan fingerprint density at radius 3 is 2.77 bits per heavy atom. The maximum absolute atomic E-state index is 10.8. The predicted octanol–water partition coefficient (Wildman–Crippen LogP) is 0.619. The van der Waals surface area contributed by atoms with E-state index in [1.807, 2.05) is 13.8 Å². The zero-order valence-corrected chi connectivity index (χ0v) is 7.65. The molecular formula is C9H12O4. The van der Waals surface area contributed by atoms with E-state index >= 15 is 0 Å². The van der Waals surface area contributed by atoms with E-state index in [0.717, 1.165) is 0 Å². The summed E-state index contributed by atoms with van der Waals surface area (Å²) in [5, 5.41) is 0. The quantitative estimate of drug-likeness (QED) is 0.560. The number of carbonyl (C=O) groups excluding carboxylic acids is 1.